The molecule has 1 amide bonds. The molecule has 0 N–H and O–H groups in total. The number of rotatable bonds is 4. The molecule has 1 atom stereocenters. The second-order valence-electron chi connectivity index (χ2n) is 5.62. The number of aromatic nitrogens is 1. The topological polar surface area (TPSA) is 46.3 Å². The van der Waals surface area contributed by atoms with Gasteiger partial charge >= 0.3 is 0 Å². The Morgan fingerprint density at radius 2 is 2.18 bits per heavy atom. The Hall–Kier alpha value is -2.17. The van der Waals surface area contributed by atoms with E-state index in [-0.39, 0.29) is 24.2 Å². The van der Waals surface area contributed by atoms with Crippen LogP contribution in [0, 0.1) is 5.82 Å². The Kier molecular flexibility index (Phi) is 4.22. The molecule has 1 fully saturated rings. The molecule has 0 unspecified atom stereocenters. The van der Waals surface area contributed by atoms with E-state index < -0.39 is 0 Å². The van der Waals surface area contributed by atoms with Crippen molar-refractivity contribution in [3.8, 4) is 0 Å². The molecular weight excluding hydrogens is 283 g/mol. The molecule has 1 saturated heterocycles. The molecule has 0 saturated carbocycles. The highest BCUT2D eigenvalue weighted by Crippen LogP contribution is 2.32. The van der Waals surface area contributed by atoms with E-state index in [0.717, 1.165) is 42.8 Å². The number of aryl methyl sites for hydroxylation is 1. The summed E-state index contributed by atoms with van der Waals surface area (Å²) in [5.41, 5.74) is 1.73. The van der Waals surface area contributed by atoms with Crippen molar-refractivity contribution in [2.24, 2.45) is 0 Å². The first-order valence-electron chi connectivity index (χ1n) is 7.66. The fourth-order valence-electron chi connectivity index (χ4n) is 2.89. The van der Waals surface area contributed by atoms with Crippen molar-refractivity contribution in [1.82, 2.24) is 10.1 Å². The summed E-state index contributed by atoms with van der Waals surface area (Å²) in [4.78, 5) is 14.4. The summed E-state index contributed by atoms with van der Waals surface area (Å²) in [7, 11) is 0. The first kappa shape index (κ1) is 14.8. The Labute approximate surface area is 128 Å². The van der Waals surface area contributed by atoms with E-state index in [4.69, 9.17) is 4.52 Å². The van der Waals surface area contributed by atoms with E-state index in [1.165, 1.54) is 12.1 Å². The van der Waals surface area contributed by atoms with Gasteiger partial charge in [-0.2, -0.15) is 0 Å². The van der Waals surface area contributed by atoms with Crippen LogP contribution in [0.3, 0.4) is 0 Å². The lowest BCUT2D eigenvalue weighted by atomic mass is 10.1. The number of amides is 1. The molecule has 0 spiro atoms. The molecule has 0 radical (unpaired) electrons. The fourth-order valence-corrected chi connectivity index (χ4v) is 2.89. The predicted molar refractivity (Wildman–Crippen MR) is 79.7 cm³/mol. The smallest absolute Gasteiger partial charge is 0.227 e. The SMILES string of the molecule is CCc1cc([C@@H]2CCCN2C(=O)Cc2ccc(F)cc2)on1. The van der Waals surface area contributed by atoms with E-state index in [1.807, 2.05) is 17.9 Å². The Morgan fingerprint density at radius 1 is 1.41 bits per heavy atom. The van der Waals surface area contributed by atoms with Crippen molar-refractivity contribution in [2.45, 2.75) is 38.6 Å². The third-order valence-electron chi connectivity index (χ3n) is 4.11. The van der Waals surface area contributed by atoms with Gasteiger partial charge < -0.3 is 9.42 Å². The summed E-state index contributed by atoms with van der Waals surface area (Å²) in [5, 5.41) is 4.01. The zero-order valence-corrected chi connectivity index (χ0v) is 12.6. The monoisotopic (exact) mass is 302 g/mol. The second-order valence-corrected chi connectivity index (χ2v) is 5.62. The minimum atomic E-state index is -0.288. The van der Waals surface area contributed by atoms with Crippen LogP contribution in [-0.4, -0.2) is 22.5 Å². The molecule has 0 bridgehead atoms. The number of halogens is 1. The minimum absolute atomic E-state index is 0.0271. The van der Waals surface area contributed by atoms with Crippen LogP contribution in [0.15, 0.2) is 34.9 Å². The highest BCUT2D eigenvalue weighted by atomic mass is 19.1. The quantitative estimate of drug-likeness (QED) is 0.870. The van der Waals surface area contributed by atoms with Crippen LogP contribution in [0.1, 0.15) is 42.8 Å². The van der Waals surface area contributed by atoms with Crippen LogP contribution in [0.2, 0.25) is 0 Å². The van der Waals surface area contributed by atoms with Crippen LogP contribution in [-0.2, 0) is 17.6 Å². The molecule has 22 heavy (non-hydrogen) atoms. The van der Waals surface area contributed by atoms with E-state index in [1.54, 1.807) is 12.1 Å². The van der Waals surface area contributed by atoms with Crippen molar-refractivity contribution in [3.63, 3.8) is 0 Å². The zero-order valence-electron chi connectivity index (χ0n) is 12.6. The predicted octanol–water partition coefficient (Wildman–Crippen LogP) is 3.28. The molecular formula is C17H19FN2O2. The van der Waals surface area contributed by atoms with Crippen molar-refractivity contribution in [1.29, 1.82) is 0 Å². The van der Waals surface area contributed by atoms with Crippen LogP contribution in [0.4, 0.5) is 4.39 Å². The molecule has 3 rings (SSSR count). The van der Waals surface area contributed by atoms with Gasteiger partial charge in [0.15, 0.2) is 5.76 Å². The molecule has 2 aromatic rings. The van der Waals surface area contributed by atoms with Gasteiger partial charge in [-0.15, -0.1) is 0 Å². The minimum Gasteiger partial charge on any atom is -0.359 e. The number of likely N-dealkylation sites (tertiary alicyclic amines) is 1. The van der Waals surface area contributed by atoms with Gasteiger partial charge in [0.1, 0.15) is 5.82 Å². The van der Waals surface area contributed by atoms with Gasteiger partial charge in [-0.3, -0.25) is 4.79 Å². The summed E-state index contributed by atoms with van der Waals surface area (Å²) in [6, 6.07) is 7.99. The average Bonchev–Trinajstić information content (AvgIpc) is 3.17. The van der Waals surface area contributed by atoms with Gasteiger partial charge in [0.2, 0.25) is 5.91 Å². The molecule has 4 nitrogen and oxygen atoms in total. The van der Waals surface area contributed by atoms with Gasteiger partial charge in [-0.25, -0.2) is 4.39 Å². The van der Waals surface area contributed by atoms with E-state index in [2.05, 4.69) is 5.16 Å². The first-order valence-corrected chi connectivity index (χ1v) is 7.66. The molecule has 116 valence electrons. The number of nitrogens with zero attached hydrogens (tertiary/aromatic N) is 2. The number of benzene rings is 1. The van der Waals surface area contributed by atoms with Crippen molar-refractivity contribution in [2.75, 3.05) is 6.54 Å². The highest BCUT2D eigenvalue weighted by molar-refractivity contribution is 5.79. The van der Waals surface area contributed by atoms with Crippen LogP contribution < -0.4 is 0 Å². The van der Waals surface area contributed by atoms with Gasteiger partial charge in [-0.1, -0.05) is 24.2 Å². The van der Waals surface area contributed by atoms with Gasteiger partial charge in [-0.05, 0) is 37.0 Å². The van der Waals surface area contributed by atoms with Crippen molar-refractivity contribution < 1.29 is 13.7 Å². The third kappa shape index (κ3) is 3.03. The summed E-state index contributed by atoms with van der Waals surface area (Å²) >= 11 is 0. The standard InChI is InChI=1S/C17H19FN2O2/c1-2-14-11-16(22-19-14)15-4-3-9-20(15)17(21)10-12-5-7-13(18)8-6-12/h5-8,11,15H,2-4,9-10H2,1H3/t15-/m0/s1. The number of hydrogen-bond acceptors (Lipinski definition) is 3. The molecule has 1 aliphatic heterocycles. The molecule has 1 aliphatic rings. The van der Waals surface area contributed by atoms with Gasteiger partial charge in [0.25, 0.3) is 0 Å². The summed E-state index contributed by atoms with van der Waals surface area (Å²) in [6.07, 6.45) is 2.96. The Morgan fingerprint density at radius 3 is 2.86 bits per heavy atom. The molecule has 0 aliphatic carbocycles. The largest absolute Gasteiger partial charge is 0.359 e. The lowest BCUT2D eigenvalue weighted by Gasteiger charge is -2.22. The maximum absolute atomic E-state index is 12.9. The fraction of sp³-hybridized carbons (Fsp3) is 0.412. The summed E-state index contributed by atoms with van der Waals surface area (Å²) in [5.74, 6) is 0.523. The summed E-state index contributed by atoms with van der Waals surface area (Å²) in [6.45, 7) is 2.75. The lowest BCUT2D eigenvalue weighted by molar-refractivity contribution is -0.131. The summed E-state index contributed by atoms with van der Waals surface area (Å²) < 4.78 is 18.3. The van der Waals surface area contributed by atoms with E-state index >= 15 is 0 Å². The zero-order chi connectivity index (χ0) is 15.5. The highest BCUT2D eigenvalue weighted by Gasteiger charge is 2.32. The second kappa shape index (κ2) is 6.30. The maximum atomic E-state index is 12.9. The molecule has 2 heterocycles. The van der Waals surface area contributed by atoms with Gasteiger partial charge in [0.05, 0.1) is 18.2 Å². The van der Waals surface area contributed by atoms with E-state index in [0.29, 0.717) is 0 Å². The first-order chi connectivity index (χ1) is 10.7. The van der Waals surface area contributed by atoms with Crippen LogP contribution in [0.25, 0.3) is 0 Å². The lowest BCUT2D eigenvalue weighted by Crippen LogP contribution is -2.31. The van der Waals surface area contributed by atoms with Crippen LogP contribution in [0.5, 0.6) is 0 Å². The van der Waals surface area contributed by atoms with Crippen molar-refractivity contribution in [3.05, 3.63) is 53.2 Å². The normalized spacial score (nSPS) is 17.9. The number of carbonyl (C=O) groups is 1. The van der Waals surface area contributed by atoms with Crippen LogP contribution >= 0.6 is 0 Å². The third-order valence-corrected chi connectivity index (χ3v) is 4.11. The Balaban J connectivity index is 1.72. The van der Waals surface area contributed by atoms with E-state index in [9.17, 15) is 9.18 Å². The van der Waals surface area contributed by atoms with Crippen molar-refractivity contribution >= 4 is 5.91 Å². The molecule has 1 aromatic heterocycles. The van der Waals surface area contributed by atoms with Gasteiger partial charge in [0, 0.05) is 12.6 Å². The maximum Gasteiger partial charge on any atom is 0.227 e. The number of hydrogen-bond donors (Lipinski definition) is 0. The average molecular weight is 302 g/mol. The number of carbonyl (C=O) groups excluding carboxylic acids is 1. The molecule has 1 aromatic carbocycles. The molecule has 5 heteroatoms. The Bertz CT molecular complexity index is 651.